The lowest BCUT2D eigenvalue weighted by molar-refractivity contribution is 0.0696. The quantitative estimate of drug-likeness (QED) is 0.877. The van der Waals surface area contributed by atoms with Gasteiger partial charge >= 0.3 is 5.97 Å². The van der Waals surface area contributed by atoms with Gasteiger partial charge in [0.25, 0.3) is 10.0 Å². The van der Waals surface area contributed by atoms with Crippen LogP contribution in [-0.2, 0) is 10.0 Å². The van der Waals surface area contributed by atoms with Crippen LogP contribution in [0.3, 0.4) is 0 Å². The van der Waals surface area contributed by atoms with E-state index in [1.807, 2.05) is 19.0 Å². The minimum absolute atomic E-state index is 0.0631. The largest absolute Gasteiger partial charge is 0.478 e. The molecule has 0 radical (unpaired) electrons. The van der Waals surface area contributed by atoms with Gasteiger partial charge in [0, 0.05) is 25.5 Å². The molecule has 23 heavy (non-hydrogen) atoms. The molecule has 0 unspecified atom stereocenters. The van der Waals surface area contributed by atoms with E-state index in [1.165, 1.54) is 24.3 Å². The van der Waals surface area contributed by atoms with Crippen molar-refractivity contribution in [1.29, 1.82) is 0 Å². The van der Waals surface area contributed by atoms with Crippen molar-refractivity contribution in [3.8, 4) is 0 Å². The van der Waals surface area contributed by atoms with Crippen LogP contribution in [0.5, 0.6) is 0 Å². The number of aryl methyl sites for hydroxylation is 1. The maximum atomic E-state index is 12.4. The van der Waals surface area contributed by atoms with Crippen molar-refractivity contribution in [2.45, 2.75) is 11.8 Å². The molecule has 7 heteroatoms. The van der Waals surface area contributed by atoms with Crippen molar-refractivity contribution < 1.29 is 18.3 Å². The zero-order valence-electron chi connectivity index (χ0n) is 13.1. The Morgan fingerprint density at radius 2 is 1.70 bits per heavy atom. The van der Waals surface area contributed by atoms with E-state index in [9.17, 15) is 13.2 Å². The van der Waals surface area contributed by atoms with Gasteiger partial charge in [-0.25, -0.2) is 13.2 Å². The fourth-order valence-electron chi connectivity index (χ4n) is 2.05. The van der Waals surface area contributed by atoms with Crippen molar-refractivity contribution >= 4 is 27.4 Å². The van der Waals surface area contributed by atoms with E-state index >= 15 is 0 Å². The molecule has 2 aromatic carbocycles. The molecular weight excluding hydrogens is 316 g/mol. The molecule has 2 N–H and O–H groups in total. The molecule has 0 atom stereocenters. The van der Waals surface area contributed by atoms with Gasteiger partial charge in [0.2, 0.25) is 0 Å². The fourth-order valence-corrected chi connectivity index (χ4v) is 3.10. The minimum atomic E-state index is -3.77. The summed E-state index contributed by atoms with van der Waals surface area (Å²) in [5, 5.41) is 9.11. The van der Waals surface area contributed by atoms with Gasteiger partial charge in [-0.1, -0.05) is 6.07 Å². The van der Waals surface area contributed by atoms with Gasteiger partial charge in [-0.2, -0.15) is 0 Å². The molecule has 0 saturated carbocycles. The zero-order chi connectivity index (χ0) is 17.2. The third-order valence-electron chi connectivity index (χ3n) is 3.38. The number of benzene rings is 2. The van der Waals surface area contributed by atoms with Crippen LogP contribution < -0.4 is 9.62 Å². The van der Waals surface area contributed by atoms with Crippen LogP contribution in [-0.4, -0.2) is 33.6 Å². The third-order valence-corrected chi connectivity index (χ3v) is 4.78. The van der Waals surface area contributed by atoms with E-state index < -0.39 is 16.0 Å². The van der Waals surface area contributed by atoms with Crippen molar-refractivity contribution in [3.63, 3.8) is 0 Å². The summed E-state index contributed by atoms with van der Waals surface area (Å²) in [6.45, 7) is 1.65. The van der Waals surface area contributed by atoms with Crippen LogP contribution >= 0.6 is 0 Å². The molecular formula is C16H18N2O4S. The first kappa shape index (κ1) is 16.8. The van der Waals surface area contributed by atoms with Gasteiger partial charge in [0.1, 0.15) is 0 Å². The smallest absolute Gasteiger partial charge is 0.336 e. The number of hydrogen-bond acceptors (Lipinski definition) is 4. The summed E-state index contributed by atoms with van der Waals surface area (Å²) in [5.41, 5.74) is 1.72. The molecule has 122 valence electrons. The average Bonchev–Trinajstić information content (AvgIpc) is 2.48. The maximum Gasteiger partial charge on any atom is 0.336 e. The standard InChI is InChI=1S/C16H18N2O4S/c1-11-4-5-12(10-15(11)16(19)20)17-23(21,22)14-8-6-13(7-9-14)18(2)3/h4-10,17H,1-3H3,(H,19,20). The number of carboxylic acid groups (broad SMARTS) is 1. The second-order valence-corrected chi connectivity index (χ2v) is 7.01. The van der Waals surface area contributed by atoms with E-state index in [1.54, 1.807) is 25.1 Å². The van der Waals surface area contributed by atoms with E-state index in [2.05, 4.69) is 4.72 Å². The Bertz CT molecular complexity index is 828. The molecule has 0 aliphatic carbocycles. The topological polar surface area (TPSA) is 86.7 Å². The summed E-state index contributed by atoms with van der Waals surface area (Å²) < 4.78 is 27.2. The number of carbonyl (C=O) groups is 1. The molecule has 0 amide bonds. The highest BCUT2D eigenvalue weighted by molar-refractivity contribution is 7.92. The van der Waals surface area contributed by atoms with Crippen LogP contribution in [0.2, 0.25) is 0 Å². The lowest BCUT2D eigenvalue weighted by atomic mass is 10.1. The summed E-state index contributed by atoms with van der Waals surface area (Å²) in [5.74, 6) is -1.10. The van der Waals surface area contributed by atoms with Crippen LogP contribution in [0.25, 0.3) is 0 Å². The Kier molecular flexibility index (Phi) is 4.60. The number of rotatable bonds is 5. The van der Waals surface area contributed by atoms with Crippen LogP contribution in [0.1, 0.15) is 15.9 Å². The third kappa shape index (κ3) is 3.81. The molecule has 0 fully saturated rings. The molecule has 6 nitrogen and oxygen atoms in total. The predicted molar refractivity (Wildman–Crippen MR) is 89.7 cm³/mol. The monoisotopic (exact) mass is 334 g/mol. The van der Waals surface area contributed by atoms with Gasteiger partial charge in [0.15, 0.2) is 0 Å². The number of sulfonamides is 1. The first-order chi connectivity index (χ1) is 10.7. The van der Waals surface area contributed by atoms with Crippen LogP contribution in [0.4, 0.5) is 11.4 Å². The number of hydrogen-bond donors (Lipinski definition) is 2. The Balaban J connectivity index is 2.31. The Hall–Kier alpha value is -2.54. The van der Waals surface area contributed by atoms with Crippen molar-refractivity contribution in [2.24, 2.45) is 0 Å². The molecule has 0 aromatic heterocycles. The highest BCUT2D eigenvalue weighted by Crippen LogP contribution is 2.21. The maximum absolute atomic E-state index is 12.4. The normalized spacial score (nSPS) is 11.1. The molecule has 0 heterocycles. The number of carboxylic acids is 1. The highest BCUT2D eigenvalue weighted by atomic mass is 32.2. The molecule has 0 bridgehead atoms. The number of anilines is 2. The summed E-state index contributed by atoms with van der Waals surface area (Å²) in [6.07, 6.45) is 0. The summed E-state index contributed by atoms with van der Waals surface area (Å²) in [4.78, 5) is 13.1. The van der Waals surface area contributed by atoms with E-state index in [4.69, 9.17) is 5.11 Å². The Morgan fingerprint density at radius 1 is 1.09 bits per heavy atom. The number of aromatic carboxylic acids is 1. The molecule has 2 rings (SSSR count). The van der Waals surface area contributed by atoms with Crippen LogP contribution in [0.15, 0.2) is 47.4 Å². The lowest BCUT2D eigenvalue weighted by Crippen LogP contribution is -2.14. The highest BCUT2D eigenvalue weighted by Gasteiger charge is 2.16. The SMILES string of the molecule is Cc1ccc(NS(=O)(=O)c2ccc(N(C)C)cc2)cc1C(=O)O. The summed E-state index contributed by atoms with van der Waals surface area (Å²) in [7, 11) is -0.0474. The summed E-state index contributed by atoms with van der Waals surface area (Å²) in [6, 6.07) is 10.8. The lowest BCUT2D eigenvalue weighted by Gasteiger charge is -2.14. The second-order valence-electron chi connectivity index (χ2n) is 5.33. The van der Waals surface area contributed by atoms with Crippen molar-refractivity contribution in [1.82, 2.24) is 0 Å². The van der Waals surface area contributed by atoms with Crippen molar-refractivity contribution in [2.75, 3.05) is 23.7 Å². The molecule has 2 aromatic rings. The van der Waals surface area contributed by atoms with Gasteiger partial charge < -0.3 is 10.0 Å². The Morgan fingerprint density at radius 3 is 2.22 bits per heavy atom. The Labute approximate surface area is 135 Å². The molecule has 0 spiro atoms. The molecule has 0 aliphatic heterocycles. The van der Waals surface area contributed by atoms with Gasteiger partial charge in [-0.05, 0) is 48.9 Å². The van der Waals surface area contributed by atoms with Crippen molar-refractivity contribution in [3.05, 3.63) is 53.6 Å². The number of nitrogens with zero attached hydrogens (tertiary/aromatic N) is 1. The predicted octanol–water partition coefficient (Wildman–Crippen LogP) is 2.56. The summed E-state index contributed by atoms with van der Waals surface area (Å²) >= 11 is 0. The van der Waals surface area contributed by atoms with E-state index in [0.717, 1.165) is 5.69 Å². The van der Waals surface area contributed by atoms with Gasteiger partial charge in [0.05, 0.1) is 10.5 Å². The minimum Gasteiger partial charge on any atom is -0.478 e. The first-order valence-electron chi connectivity index (χ1n) is 6.85. The molecule has 0 aliphatic rings. The van der Waals surface area contributed by atoms with Gasteiger partial charge in [-0.15, -0.1) is 0 Å². The van der Waals surface area contributed by atoms with Crippen LogP contribution in [0, 0.1) is 6.92 Å². The molecule has 0 saturated heterocycles. The first-order valence-corrected chi connectivity index (χ1v) is 8.33. The fraction of sp³-hybridized carbons (Fsp3) is 0.188. The number of nitrogens with one attached hydrogen (secondary N) is 1. The van der Waals surface area contributed by atoms with E-state index in [-0.39, 0.29) is 16.1 Å². The second kappa shape index (κ2) is 6.29. The van der Waals surface area contributed by atoms with Gasteiger partial charge in [-0.3, -0.25) is 4.72 Å². The zero-order valence-corrected chi connectivity index (χ0v) is 13.9. The average molecular weight is 334 g/mol. The van der Waals surface area contributed by atoms with E-state index in [0.29, 0.717) is 5.56 Å².